The van der Waals surface area contributed by atoms with Gasteiger partial charge in [-0.3, -0.25) is 9.59 Å². The van der Waals surface area contributed by atoms with Crippen molar-refractivity contribution in [2.24, 2.45) is 5.41 Å². The zero-order valence-electron chi connectivity index (χ0n) is 17.1. The third kappa shape index (κ3) is 3.75. The molecule has 1 atom stereocenters. The minimum atomic E-state index is -0.361. The average molecular weight is 386 g/mol. The number of carbonyl (C=O) groups excluding carboxylic acids is 2. The Morgan fingerprint density at radius 2 is 1.62 bits per heavy atom. The molecule has 0 fully saturated rings. The molecular weight excluding hydrogens is 360 g/mol. The number of hydrogen-bond donors (Lipinski definition) is 2. The van der Waals surface area contributed by atoms with Gasteiger partial charge in [0, 0.05) is 40.6 Å². The summed E-state index contributed by atoms with van der Waals surface area (Å²) in [5.74, 6) is -0.422. The molecule has 1 aliphatic carbocycles. The molecule has 0 saturated carbocycles. The van der Waals surface area contributed by atoms with Crippen LogP contribution in [0.5, 0.6) is 0 Å². The number of carbonyl (C=O) groups is 2. The van der Waals surface area contributed by atoms with Gasteiger partial charge in [-0.1, -0.05) is 62.4 Å². The second kappa shape index (κ2) is 7.36. The minimum absolute atomic E-state index is 0.0891. The Morgan fingerprint density at radius 3 is 2.28 bits per heavy atom. The lowest BCUT2D eigenvalue weighted by molar-refractivity contribution is -0.118. The molecule has 0 saturated heterocycles. The second-order valence-electron chi connectivity index (χ2n) is 8.66. The Kier molecular flexibility index (Phi) is 4.87. The van der Waals surface area contributed by atoms with Crippen LogP contribution in [0.1, 0.15) is 45.1 Å². The van der Waals surface area contributed by atoms with E-state index in [1.165, 1.54) is 0 Å². The van der Waals surface area contributed by atoms with E-state index in [0.29, 0.717) is 12.0 Å². The SMILES string of the molecule is CC1=C(C(=O)Nc2ccccc2)[C@H](c2ccccc2)C2=C(CC(C)(C)CC2=O)N1. The quantitative estimate of drug-likeness (QED) is 0.786. The van der Waals surface area contributed by atoms with Crippen LogP contribution >= 0.6 is 0 Å². The van der Waals surface area contributed by atoms with E-state index in [0.717, 1.165) is 34.6 Å². The molecule has 2 aromatic carbocycles. The van der Waals surface area contributed by atoms with Crippen LogP contribution < -0.4 is 10.6 Å². The molecule has 1 heterocycles. The molecule has 1 aliphatic heterocycles. The molecule has 29 heavy (non-hydrogen) atoms. The summed E-state index contributed by atoms with van der Waals surface area (Å²) in [7, 11) is 0. The average Bonchev–Trinajstić information content (AvgIpc) is 2.67. The standard InChI is InChI=1S/C25H26N2O2/c1-16-21(24(29)27-18-12-8-5-9-13-18)22(17-10-6-4-7-11-17)23-19(26-16)14-25(2,3)15-20(23)28/h4-13,22,26H,14-15H2,1-3H3,(H,27,29)/t22-/m0/s1. The number of hydrogen-bond acceptors (Lipinski definition) is 3. The summed E-state index contributed by atoms with van der Waals surface area (Å²) in [6.45, 7) is 6.15. The second-order valence-corrected chi connectivity index (χ2v) is 8.66. The van der Waals surface area contributed by atoms with Crippen molar-refractivity contribution in [3.63, 3.8) is 0 Å². The fraction of sp³-hybridized carbons (Fsp3) is 0.280. The molecule has 1 amide bonds. The lowest BCUT2D eigenvalue weighted by Crippen LogP contribution is -2.39. The van der Waals surface area contributed by atoms with Gasteiger partial charge in [-0.05, 0) is 36.5 Å². The first-order chi connectivity index (χ1) is 13.9. The van der Waals surface area contributed by atoms with Gasteiger partial charge in [0.05, 0.1) is 0 Å². The topological polar surface area (TPSA) is 58.2 Å². The highest BCUT2D eigenvalue weighted by atomic mass is 16.2. The lowest BCUT2D eigenvalue weighted by Gasteiger charge is -2.39. The van der Waals surface area contributed by atoms with Crippen LogP contribution in [0.15, 0.2) is 83.2 Å². The number of Topliss-reactive ketones (excluding diaryl/α,β-unsaturated/α-hetero) is 1. The van der Waals surface area contributed by atoms with E-state index >= 15 is 0 Å². The molecule has 2 N–H and O–H groups in total. The maximum absolute atomic E-state index is 13.3. The molecule has 0 spiro atoms. The summed E-state index contributed by atoms with van der Waals surface area (Å²) >= 11 is 0. The molecule has 148 valence electrons. The molecule has 0 bridgehead atoms. The number of rotatable bonds is 3. The highest BCUT2D eigenvalue weighted by Crippen LogP contribution is 2.46. The first-order valence-corrected chi connectivity index (χ1v) is 10.0. The third-order valence-corrected chi connectivity index (χ3v) is 5.65. The van der Waals surface area contributed by atoms with Crippen LogP contribution in [0.25, 0.3) is 0 Å². The van der Waals surface area contributed by atoms with Crippen LogP contribution in [0.3, 0.4) is 0 Å². The molecule has 2 aromatic rings. The van der Waals surface area contributed by atoms with E-state index in [9.17, 15) is 9.59 Å². The Labute approximate surface area is 171 Å². The number of nitrogens with one attached hydrogen (secondary N) is 2. The number of benzene rings is 2. The van der Waals surface area contributed by atoms with Crippen molar-refractivity contribution in [3.05, 3.63) is 88.8 Å². The molecule has 0 unspecified atom stereocenters. The largest absolute Gasteiger partial charge is 0.362 e. The summed E-state index contributed by atoms with van der Waals surface area (Å²) in [6, 6.07) is 19.3. The first kappa shape index (κ1) is 19.2. The van der Waals surface area contributed by atoms with Crippen molar-refractivity contribution in [2.45, 2.75) is 39.5 Å². The summed E-state index contributed by atoms with van der Waals surface area (Å²) < 4.78 is 0. The van der Waals surface area contributed by atoms with Crippen LogP contribution in [0, 0.1) is 5.41 Å². The monoisotopic (exact) mass is 386 g/mol. The Morgan fingerprint density at radius 1 is 1.00 bits per heavy atom. The minimum Gasteiger partial charge on any atom is -0.362 e. The van der Waals surface area contributed by atoms with Crippen molar-refractivity contribution in [1.82, 2.24) is 5.32 Å². The van der Waals surface area contributed by atoms with E-state index < -0.39 is 0 Å². The van der Waals surface area contributed by atoms with Crippen molar-refractivity contribution in [3.8, 4) is 0 Å². The molecular formula is C25H26N2O2. The zero-order chi connectivity index (χ0) is 20.6. The van der Waals surface area contributed by atoms with Crippen molar-refractivity contribution >= 4 is 17.4 Å². The molecule has 0 radical (unpaired) electrons. The number of ketones is 1. The number of allylic oxidation sites excluding steroid dienone is 3. The fourth-order valence-corrected chi connectivity index (χ4v) is 4.44. The predicted molar refractivity (Wildman–Crippen MR) is 115 cm³/mol. The Hall–Kier alpha value is -3.14. The normalized spacial score (nSPS) is 20.8. The molecule has 4 nitrogen and oxygen atoms in total. The van der Waals surface area contributed by atoms with E-state index in [1.54, 1.807) is 0 Å². The number of amides is 1. The number of anilines is 1. The van der Waals surface area contributed by atoms with E-state index in [2.05, 4.69) is 24.5 Å². The van der Waals surface area contributed by atoms with Crippen molar-refractivity contribution in [1.29, 1.82) is 0 Å². The van der Waals surface area contributed by atoms with Gasteiger partial charge in [-0.15, -0.1) is 0 Å². The Balaban J connectivity index is 1.80. The molecule has 0 aromatic heterocycles. The summed E-state index contributed by atoms with van der Waals surface area (Å²) in [5.41, 5.74) is 4.71. The van der Waals surface area contributed by atoms with Gasteiger partial charge in [0.2, 0.25) is 0 Å². The maximum atomic E-state index is 13.3. The smallest absolute Gasteiger partial charge is 0.254 e. The summed E-state index contributed by atoms with van der Waals surface area (Å²) in [6.07, 6.45) is 1.28. The lowest BCUT2D eigenvalue weighted by atomic mass is 9.68. The summed E-state index contributed by atoms with van der Waals surface area (Å²) in [4.78, 5) is 26.5. The van der Waals surface area contributed by atoms with Gasteiger partial charge in [0.25, 0.3) is 5.91 Å². The molecule has 4 heteroatoms. The van der Waals surface area contributed by atoms with Crippen molar-refractivity contribution < 1.29 is 9.59 Å². The van der Waals surface area contributed by atoms with Gasteiger partial charge in [-0.25, -0.2) is 0 Å². The van der Waals surface area contributed by atoms with Crippen LogP contribution in [-0.2, 0) is 9.59 Å². The highest BCUT2D eigenvalue weighted by Gasteiger charge is 2.42. The maximum Gasteiger partial charge on any atom is 0.254 e. The van der Waals surface area contributed by atoms with Crippen LogP contribution in [0.2, 0.25) is 0 Å². The predicted octanol–water partition coefficient (Wildman–Crippen LogP) is 4.93. The van der Waals surface area contributed by atoms with E-state index in [4.69, 9.17) is 0 Å². The number of para-hydroxylation sites is 1. The number of dihydropyridines is 1. The third-order valence-electron chi connectivity index (χ3n) is 5.65. The fourth-order valence-electron chi connectivity index (χ4n) is 4.44. The van der Waals surface area contributed by atoms with E-state index in [1.807, 2.05) is 67.6 Å². The Bertz CT molecular complexity index is 1020. The molecule has 2 aliphatic rings. The summed E-state index contributed by atoms with van der Waals surface area (Å²) in [5, 5.41) is 6.40. The zero-order valence-corrected chi connectivity index (χ0v) is 17.1. The van der Waals surface area contributed by atoms with E-state index in [-0.39, 0.29) is 23.0 Å². The van der Waals surface area contributed by atoms with Gasteiger partial charge >= 0.3 is 0 Å². The first-order valence-electron chi connectivity index (χ1n) is 10.0. The van der Waals surface area contributed by atoms with Crippen LogP contribution in [0.4, 0.5) is 5.69 Å². The van der Waals surface area contributed by atoms with Crippen molar-refractivity contribution in [2.75, 3.05) is 5.32 Å². The highest BCUT2D eigenvalue weighted by molar-refractivity contribution is 6.09. The molecule has 4 rings (SSSR count). The van der Waals surface area contributed by atoms with Gasteiger partial charge in [0.15, 0.2) is 5.78 Å². The van der Waals surface area contributed by atoms with Gasteiger partial charge < -0.3 is 10.6 Å². The van der Waals surface area contributed by atoms with Gasteiger partial charge in [-0.2, -0.15) is 0 Å². The van der Waals surface area contributed by atoms with Gasteiger partial charge in [0.1, 0.15) is 0 Å². The van der Waals surface area contributed by atoms with Crippen LogP contribution in [-0.4, -0.2) is 11.7 Å².